The third-order valence-corrected chi connectivity index (χ3v) is 6.50. The summed E-state index contributed by atoms with van der Waals surface area (Å²) in [5.74, 6) is -0.281. The van der Waals surface area contributed by atoms with Crippen LogP contribution in [-0.2, 0) is 17.5 Å². The van der Waals surface area contributed by atoms with E-state index in [0.29, 0.717) is 19.1 Å². The highest BCUT2D eigenvalue weighted by atomic mass is 31.2. The Labute approximate surface area is 139 Å². The molecule has 0 aromatic heterocycles. The van der Waals surface area contributed by atoms with Crippen LogP contribution < -0.4 is 5.32 Å². The molecule has 2 atom stereocenters. The van der Waals surface area contributed by atoms with Crippen molar-refractivity contribution in [1.82, 2.24) is 5.32 Å². The standard InChI is InChI=1S/C19H26NO2P/c1-16(2)19(20-15-18-11-7-4-8-12-18)23(21,22)14-13-17-9-5-3-6-10-17/h3-12,16,19-20H,13-15H2,1-2H3,(H,21,22)/t19-/m1/s1. The van der Waals surface area contributed by atoms with E-state index in [-0.39, 0.29) is 11.7 Å². The Balaban J connectivity index is 1.98. The van der Waals surface area contributed by atoms with Crippen LogP contribution in [0.1, 0.15) is 25.0 Å². The molecular weight excluding hydrogens is 305 g/mol. The van der Waals surface area contributed by atoms with Gasteiger partial charge in [-0.1, -0.05) is 74.5 Å². The van der Waals surface area contributed by atoms with E-state index in [1.165, 1.54) is 0 Å². The van der Waals surface area contributed by atoms with E-state index >= 15 is 0 Å². The molecule has 1 unspecified atom stereocenters. The molecule has 2 rings (SSSR count). The number of nitrogens with one attached hydrogen (secondary N) is 1. The number of hydrogen-bond acceptors (Lipinski definition) is 2. The molecule has 2 aromatic rings. The van der Waals surface area contributed by atoms with Crippen LogP contribution in [0.3, 0.4) is 0 Å². The minimum atomic E-state index is -3.27. The fourth-order valence-corrected chi connectivity index (χ4v) is 4.90. The van der Waals surface area contributed by atoms with Gasteiger partial charge < -0.3 is 10.2 Å². The van der Waals surface area contributed by atoms with Gasteiger partial charge in [0, 0.05) is 12.7 Å². The van der Waals surface area contributed by atoms with Crippen molar-refractivity contribution in [3.05, 3.63) is 71.8 Å². The number of aryl methyl sites for hydroxylation is 1. The SMILES string of the molecule is CC(C)[C@H](NCc1ccccc1)P(=O)(O)CCc1ccccc1. The first-order chi connectivity index (χ1) is 11.0. The van der Waals surface area contributed by atoms with Gasteiger partial charge in [0.25, 0.3) is 0 Å². The van der Waals surface area contributed by atoms with Crippen molar-refractivity contribution in [1.29, 1.82) is 0 Å². The van der Waals surface area contributed by atoms with E-state index in [1.807, 2.05) is 74.5 Å². The van der Waals surface area contributed by atoms with Gasteiger partial charge in [-0.05, 0) is 23.5 Å². The minimum Gasteiger partial charge on any atom is -0.343 e. The highest BCUT2D eigenvalue weighted by molar-refractivity contribution is 7.58. The molecule has 4 heteroatoms. The molecule has 23 heavy (non-hydrogen) atoms. The lowest BCUT2D eigenvalue weighted by atomic mass is 10.2. The summed E-state index contributed by atoms with van der Waals surface area (Å²) in [4.78, 5) is 10.6. The molecular formula is C19H26NO2P. The molecule has 0 radical (unpaired) electrons. The number of rotatable bonds is 8. The zero-order valence-electron chi connectivity index (χ0n) is 13.9. The van der Waals surface area contributed by atoms with E-state index in [1.54, 1.807) is 0 Å². The van der Waals surface area contributed by atoms with Crippen molar-refractivity contribution in [2.45, 2.75) is 32.6 Å². The predicted molar refractivity (Wildman–Crippen MR) is 96.7 cm³/mol. The second-order valence-electron chi connectivity index (χ2n) is 6.27. The zero-order valence-corrected chi connectivity index (χ0v) is 14.7. The molecule has 124 valence electrons. The first kappa shape index (κ1) is 17.9. The van der Waals surface area contributed by atoms with Crippen LogP contribution in [0.15, 0.2) is 60.7 Å². The lowest BCUT2D eigenvalue weighted by Crippen LogP contribution is -2.34. The molecule has 0 saturated heterocycles. The van der Waals surface area contributed by atoms with Crippen LogP contribution in [0, 0.1) is 5.92 Å². The molecule has 2 aromatic carbocycles. The molecule has 0 amide bonds. The second-order valence-corrected chi connectivity index (χ2v) is 8.78. The molecule has 3 nitrogen and oxygen atoms in total. The largest absolute Gasteiger partial charge is 0.343 e. The van der Waals surface area contributed by atoms with E-state index in [2.05, 4.69) is 5.32 Å². The van der Waals surface area contributed by atoms with E-state index in [9.17, 15) is 9.46 Å². The van der Waals surface area contributed by atoms with Crippen LogP contribution >= 0.6 is 7.37 Å². The van der Waals surface area contributed by atoms with Crippen molar-refractivity contribution in [2.24, 2.45) is 5.92 Å². The Morgan fingerprint density at radius 3 is 2.00 bits per heavy atom. The van der Waals surface area contributed by atoms with E-state index in [0.717, 1.165) is 11.1 Å². The third-order valence-electron chi connectivity index (χ3n) is 3.99. The van der Waals surface area contributed by atoms with E-state index in [4.69, 9.17) is 0 Å². The van der Waals surface area contributed by atoms with Crippen molar-refractivity contribution in [3.8, 4) is 0 Å². The summed E-state index contributed by atoms with van der Waals surface area (Å²) in [6.45, 7) is 4.60. The summed E-state index contributed by atoms with van der Waals surface area (Å²) in [5.41, 5.74) is 2.23. The van der Waals surface area contributed by atoms with Gasteiger partial charge in [-0.25, -0.2) is 0 Å². The average Bonchev–Trinajstić information content (AvgIpc) is 2.55. The normalized spacial score (nSPS) is 15.3. The Morgan fingerprint density at radius 2 is 1.48 bits per heavy atom. The van der Waals surface area contributed by atoms with Gasteiger partial charge in [0.05, 0.1) is 5.78 Å². The molecule has 2 N–H and O–H groups in total. The predicted octanol–water partition coefficient (Wildman–Crippen LogP) is 4.27. The molecule has 0 bridgehead atoms. The Bertz CT molecular complexity index is 628. The highest BCUT2D eigenvalue weighted by Crippen LogP contribution is 2.48. The monoisotopic (exact) mass is 331 g/mol. The Kier molecular flexibility index (Phi) is 6.59. The quantitative estimate of drug-likeness (QED) is 0.710. The van der Waals surface area contributed by atoms with Gasteiger partial charge in [0.2, 0.25) is 7.37 Å². The molecule has 0 aliphatic rings. The van der Waals surface area contributed by atoms with Crippen LogP contribution in [0.25, 0.3) is 0 Å². The van der Waals surface area contributed by atoms with Gasteiger partial charge in [0.1, 0.15) is 0 Å². The maximum absolute atomic E-state index is 12.8. The van der Waals surface area contributed by atoms with Crippen LogP contribution in [-0.4, -0.2) is 16.8 Å². The lowest BCUT2D eigenvalue weighted by molar-refractivity contribution is 0.405. The summed E-state index contributed by atoms with van der Waals surface area (Å²) in [7, 11) is -3.27. The van der Waals surface area contributed by atoms with E-state index < -0.39 is 7.37 Å². The van der Waals surface area contributed by atoms with Gasteiger partial charge in [-0.3, -0.25) is 4.57 Å². The fourth-order valence-electron chi connectivity index (χ4n) is 2.74. The smallest absolute Gasteiger partial charge is 0.217 e. The van der Waals surface area contributed by atoms with Crippen molar-refractivity contribution >= 4 is 7.37 Å². The van der Waals surface area contributed by atoms with Gasteiger partial charge in [-0.2, -0.15) is 0 Å². The molecule has 0 aliphatic carbocycles. The Hall–Kier alpha value is -1.41. The van der Waals surface area contributed by atoms with Crippen LogP contribution in [0.2, 0.25) is 0 Å². The van der Waals surface area contributed by atoms with Crippen LogP contribution in [0.5, 0.6) is 0 Å². The maximum Gasteiger partial charge on any atom is 0.217 e. The first-order valence-corrected chi connectivity index (χ1v) is 10.0. The second kappa shape index (κ2) is 8.44. The van der Waals surface area contributed by atoms with Gasteiger partial charge in [0.15, 0.2) is 0 Å². The lowest BCUT2D eigenvalue weighted by Gasteiger charge is -2.27. The summed E-state index contributed by atoms with van der Waals surface area (Å²) in [6, 6.07) is 19.9. The number of benzene rings is 2. The summed E-state index contributed by atoms with van der Waals surface area (Å²) < 4.78 is 12.8. The fraction of sp³-hybridized carbons (Fsp3) is 0.368. The van der Waals surface area contributed by atoms with Crippen molar-refractivity contribution in [2.75, 3.05) is 6.16 Å². The maximum atomic E-state index is 12.8. The third kappa shape index (κ3) is 5.62. The average molecular weight is 331 g/mol. The molecule has 0 spiro atoms. The first-order valence-electron chi connectivity index (χ1n) is 8.12. The van der Waals surface area contributed by atoms with Crippen LogP contribution in [0.4, 0.5) is 0 Å². The van der Waals surface area contributed by atoms with Crippen molar-refractivity contribution in [3.63, 3.8) is 0 Å². The van der Waals surface area contributed by atoms with Gasteiger partial charge >= 0.3 is 0 Å². The molecule has 0 fully saturated rings. The zero-order chi connectivity index (χ0) is 16.7. The van der Waals surface area contributed by atoms with Crippen molar-refractivity contribution < 1.29 is 9.46 Å². The Morgan fingerprint density at radius 1 is 0.957 bits per heavy atom. The number of hydrogen-bond donors (Lipinski definition) is 2. The topological polar surface area (TPSA) is 49.3 Å². The van der Waals surface area contributed by atoms with Gasteiger partial charge in [-0.15, -0.1) is 0 Å². The highest BCUT2D eigenvalue weighted by Gasteiger charge is 2.32. The molecule has 0 aliphatic heterocycles. The summed E-state index contributed by atoms with van der Waals surface area (Å²) in [6.07, 6.45) is 0.937. The molecule has 0 heterocycles. The summed E-state index contributed by atoms with van der Waals surface area (Å²) in [5, 5.41) is 3.30. The molecule has 0 saturated carbocycles. The minimum absolute atomic E-state index is 0.102. The summed E-state index contributed by atoms with van der Waals surface area (Å²) >= 11 is 0.